The summed E-state index contributed by atoms with van der Waals surface area (Å²) in [6.45, 7) is 1.02. The third-order valence-corrected chi connectivity index (χ3v) is 1.50. The lowest BCUT2D eigenvalue weighted by Gasteiger charge is -2.05. The van der Waals surface area contributed by atoms with Crippen LogP contribution in [-0.4, -0.2) is 11.2 Å². The van der Waals surface area contributed by atoms with E-state index in [0.717, 1.165) is 13.0 Å². The van der Waals surface area contributed by atoms with Gasteiger partial charge in [-0.3, -0.25) is 4.98 Å². The maximum absolute atomic E-state index is 12.0. The summed E-state index contributed by atoms with van der Waals surface area (Å²) in [6.07, 6.45) is -1.80. The summed E-state index contributed by atoms with van der Waals surface area (Å²) >= 11 is 0. The molecule has 0 aliphatic carbocycles. The molecule has 0 aliphatic heterocycles. The molecule has 0 spiro atoms. The SMILES string of the molecule is C/C(=C\c1ccccn1)C(F)(F)F. The number of halogens is 3. The van der Waals surface area contributed by atoms with E-state index in [-0.39, 0.29) is 0 Å². The number of rotatable bonds is 1. The summed E-state index contributed by atoms with van der Waals surface area (Å²) in [5.74, 6) is 0. The minimum Gasteiger partial charge on any atom is -0.257 e. The predicted molar refractivity (Wildman–Crippen MR) is 43.9 cm³/mol. The number of alkyl halides is 3. The highest BCUT2D eigenvalue weighted by atomic mass is 19.4. The number of allylic oxidation sites excluding steroid dienone is 1. The van der Waals surface area contributed by atoms with Crippen molar-refractivity contribution in [3.05, 3.63) is 35.7 Å². The van der Waals surface area contributed by atoms with Crippen LogP contribution in [-0.2, 0) is 0 Å². The highest BCUT2D eigenvalue weighted by molar-refractivity contribution is 5.49. The molecule has 0 bridgehead atoms. The first-order valence-corrected chi connectivity index (χ1v) is 3.66. The van der Waals surface area contributed by atoms with Crippen LogP contribution in [0.1, 0.15) is 12.6 Å². The van der Waals surface area contributed by atoms with Gasteiger partial charge in [0.1, 0.15) is 0 Å². The van der Waals surface area contributed by atoms with Gasteiger partial charge in [0.2, 0.25) is 0 Å². The Balaban J connectivity index is 2.90. The van der Waals surface area contributed by atoms with Crippen molar-refractivity contribution in [2.45, 2.75) is 13.1 Å². The maximum atomic E-state index is 12.0. The Morgan fingerprint density at radius 1 is 1.38 bits per heavy atom. The molecule has 0 fully saturated rings. The van der Waals surface area contributed by atoms with Gasteiger partial charge in [-0.2, -0.15) is 13.2 Å². The van der Waals surface area contributed by atoms with E-state index in [0.29, 0.717) is 5.69 Å². The van der Waals surface area contributed by atoms with Gasteiger partial charge in [-0.15, -0.1) is 0 Å². The summed E-state index contributed by atoms with van der Waals surface area (Å²) in [5.41, 5.74) is -0.330. The summed E-state index contributed by atoms with van der Waals surface area (Å²) < 4.78 is 36.1. The van der Waals surface area contributed by atoms with Gasteiger partial charge in [-0.25, -0.2) is 0 Å². The molecule has 1 rings (SSSR count). The van der Waals surface area contributed by atoms with Crippen molar-refractivity contribution in [1.29, 1.82) is 0 Å². The molecule has 1 nitrogen and oxygen atoms in total. The first kappa shape index (κ1) is 9.77. The molecule has 0 amide bonds. The average molecular weight is 187 g/mol. The zero-order valence-electron chi connectivity index (χ0n) is 6.97. The molecule has 1 aromatic rings. The van der Waals surface area contributed by atoms with Crippen LogP contribution in [0, 0.1) is 0 Å². The zero-order chi connectivity index (χ0) is 9.90. The van der Waals surface area contributed by atoms with Crippen molar-refractivity contribution in [2.24, 2.45) is 0 Å². The highest BCUT2D eigenvalue weighted by Crippen LogP contribution is 2.26. The Morgan fingerprint density at radius 2 is 2.08 bits per heavy atom. The second kappa shape index (κ2) is 3.60. The second-order valence-corrected chi connectivity index (χ2v) is 2.58. The average Bonchev–Trinajstić information content (AvgIpc) is 2.04. The minimum absolute atomic E-state index is 0.317. The lowest BCUT2D eigenvalue weighted by Crippen LogP contribution is -2.08. The number of hydrogen-bond acceptors (Lipinski definition) is 1. The molecule has 1 heterocycles. The van der Waals surface area contributed by atoms with E-state index in [1.165, 1.54) is 12.3 Å². The molecule has 0 unspecified atom stereocenters. The van der Waals surface area contributed by atoms with Crippen LogP contribution in [0.3, 0.4) is 0 Å². The molecule has 0 N–H and O–H groups in total. The van der Waals surface area contributed by atoms with Crippen LogP contribution < -0.4 is 0 Å². The standard InChI is InChI=1S/C9H8F3N/c1-7(9(10,11)12)6-8-4-2-3-5-13-8/h2-6H,1H3/b7-6+. The Labute approximate surface area is 73.9 Å². The van der Waals surface area contributed by atoms with Gasteiger partial charge in [-0.05, 0) is 25.1 Å². The van der Waals surface area contributed by atoms with Crippen LogP contribution >= 0.6 is 0 Å². The molecule has 0 saturated carbocycles. The molecule has 0 aliphatic rings. The molecule has 0 saturated heterocycles. The molecule has 0 aromatic carbocycles. The van der Waals surface area contributed by atoms with Crippen molar-refractivity contribution >= 4 is 6.08 Å². The topological polar surface area (TPSA) is 12.9 Å². The van der Waals surface area contributed by atoms with Gasteiger partial charge >= 0.3 is 6.18 Å². The van der Waals surface area contributed by atoms with E-state index < -0.39 is 11.7 Å². The van der Waals surface area contributed by atoms with Gasteiger partial charge < -0.3 is 0 Å². The summed E-state index contributed by atoms with van der Waals surface area (Å²) in [6, 6.07) is 4.82. The van der Waals surface area contributed by atoms with Crippen molar-refractivity contribution in [3.63, 3.8) is 0 Å². The lowest BCUT2D eigenvalue weighted by atomic mass is 10.2. The molecular weight excluding hydrogens is 179 g/mol. The zero-order valence-corrected chi connectivity index (χ0v) is 6.97. The Bertz CT molecular complexity index is 300. The molecule has 1 aromatic heterocycles. The summed E-state index contributed by atoms with van der Waals surface area (Å²) in [4.78, 5) is 3.76. The summed E-state index contributed by atoms with van der Waals surface area (Å²) in [5, 5.41) is 0. The van der Waals surface area contributed by atoms with Crippen LogP contribution in [0.15, 0.2) is 30.0 Å². The van der Waals surface area contributed by atoms with E-state index in [9.17, 15) is 13.2 Å². The van der Waals surface area contributed by atoms with Crippen LogP contribution in [0.25, 0.3) is 6.08 Å². The number of hydrogen-bond donors (Lipinski definition) is 0. The Hall–Kier alpha value is -1.32. The van der Waals surface area contributed by atoms with Crippen LogP contribution in [0.4, 0.5) is 13.2 Å². The molecule has 13 heavy (non-hydrogen) atoms. The fraction of sp³-hybridized carbons (Fsp3) is 0.222. The molecular formula is C9H8F3N. The predicted octanol–water partition coefficient (Wildman–Crippen LogP) is 3.05. The normalized spacial score (nSPS) is 13.1. The van der Waals surface area contributed by atoms with Crippen molar-refractivity contribution < 1.29 is 13.2 Å². The van der Waals surface area contributed by atoms with Gasteiger partial charge in [-0.1, -0.05) is 6.07 Å². The van der Waals surface area contributed by atoms with Gasteiger partial charge in [0.15, 0.2) is 0 Å². The van der Waals surface area contributed by atoms with Crippen molar-refractivity contribution in [3.8, 4) is 0 Å². The van der Waals surface area contributed by atoms with Crippen LogP contribution in [0.2, 0.25) is 0 Å². The smallest absolute Gasteiger partial charge is 0.257 e. The first-order chi connectivity index (χ1) is 6.00. The largest absolute Gasteiger partial charge is 0.412 e. The van der Waals surface area contributed by atoms with Crippen LogP contribution in [0.5, 0.6) is 0 Å². The van der Waals surface area contributed by atoms with Crippen molar-refractivity contribution in [2.75, 3.05) is 0 Å². The van der Waals surface area contributed by atoms with Gasteiger partial charge in [0, 0.05) is 11.8 Å². The molecule has 0 radical (unpaired) electrons. The number of aromatic nitrogens is 1. The lowest BCUT2D eigenvalue weighted by molar-refractivity contribution is -0.0903. The monoisotopic (exact) mass is 187 g/mol. The van der Waals surface area contributed by atoms with E-state index in [2.05, 4.69) is 4.98 Å². The fourth-order valence-corrected chi connectivity index (χ4v) is 0.765. The molecule has 70 valence electrons. The fourth-order valence-electron chi connectivity index (χ4n) is 0.765. The third-order valence-electron chi connectivity index (χ3n) is 1.50. The number of pyridine rings is 1. The van der Waals surface area contributed by atoms with Gasteiger partial charge in [0.05, 0.1) is 5.69 Å². The Kier molecular flexibility index (Phi) is 2.70. The number of nitrogens with zero attached hydrogens (tertiary/aromatic N) is 1. The third kappa shape index (κ3) is 2.89. The summed E-state index contributed by atoms with van der Waals surface area (Å²) in [7, 11) is 0. The maximum Gasteiger partial charge on any atom is 0.412 e. The van der Waals surface area contributed by atoms with E-state index in [1.807, 2.05) is 0 Å². The molecule has 4 heteroatoms. The van der Waals surface area contributed by atoms with Crippen molar-refractivity contribution in [1.82, 2.24) is 4.98 Å². The Morgan fingerprint density at radius 3 is 2.54 bits per heavy atom. The van der Waals surface area contributed by atoms with E-state index in [4.69, 9.17) is 0 Å². The molecule has 0 atom stereocenters. The van der Waals surface area contributed by atoms with E-state index in [1.54, 1.807) is 12.1 Å². The minimum atomic E-state index is -4.27. The van der Waals surface area contributed by atoms with E-state index >= 15 is 0 Å². The first-order valence-electron chi connectivity index (χ1n) is 3.66. The highest BCUT2D eigenvalue weighted by Gasteiger charge is 2.29. The second-order valence-electron chi connectivity index (χ2n) is 2.58. The quantitative estimate of drug-likeness (QED) is 0.658. The van der Waals surface area contributed by atoms with Gasteiger partial charge in [0.25, 0.3) is 0 Å².